The van der Waals surface area contributed by atoms with E-state index in [9.17, 15) is 14.4 Å². The van der Waals surface area contributed by atoms with Crippen molar-refractivity contribution in [3.8, 4) is 12.3 Å². The highest BCUT2D eigenvalue weighted by Gasteiger charge is 2.33. The maximum absolute atomic E-state index is 12.0. The Morgan fingerprint density at radius 1 is 1.50 bits per heavy atom. The third-order valence-electron chi connectivity index (χ3n) is 2.67. The second-order valence-electron chi connectivity index (χ2n) is 5.75. The average Bonchev–Trinajstić information content (AvgIpc) is 2.48. The number of carbonyl (C=O) groups is 3. The van der Waals surface area contributed by atoms with E-state index in [2.05, 4.69) is 11.2 Å². The number of nitrogens with zero attached hydrogens (tertiary/aromatic N) is 1. The van der Waals surface area contributed by atoms with Gasteiger partial charge < -0.3 is 20.5 Å². The molecule has 1 aliphatic rings. The van der Waals surface area contributed by atoms with Gasteiger partial charge in [-0.2, -0.15) is 0 Å². The maximum atomic E-state index is 12.0. The molecule has 8 nitrogen and oxygen atoms in total. The number of ether oxygens (including phenoxy) is 2. The molecule has 24 heavy (non-hydrogen) atoms. The molecule has 0 spiro atoms. The smallest absolute Gasteiger partial charge is 0.407 e. The Kier molecular flexibility index (Phi) is 6.97. The lowest BCUT2D eigenvalue weighted by atomic mass is 10.2. The number of hydrogen-bond acceptors (Lipinski definition) is 6. The molecule has 3 N–H and O–H groups in total. The zero-order valence-electron chi connectivity index (χ0n) is 13.8. The van der Waals surface area contributed by atoms with Crippen LogP contribution in [0.1, 0.15) is 20.8 Å². The second-order valence-corrected chi connectivity index (χ2v) is 6.96. The summed E-state index contributed by atoms with van der Waals surface area (Å²) in [5.74, 6) is 1.88. The van der Waals surface area contributed by atoms with Crippen LogP contribution in [-0.2, 0) is 14.3 Å². The fraction of sp³-hybridized carbons (Fsp3) is 0.533. The quantitative estimate of drug-likeness (QED) is 0.575. The van der Waals surface area contributed by atoms with E-state index >= 15 is 0 Å². The molecule has 0 aromatic carbocycles. The summed E-state index contributed by atoms with van der Waals surface area (Å²) in [5, 5.41) is 1.99. The van der Waals surface area contributed by atoms with Gasteiger partial charge in [-0.25, -0.2) is 14.4 Å². The highest BCUT2D eigenvalue weighted by atomic mass is 32.2. The Bertz CT molecular complexity index is 577. The van der Waals surface area contributed by atoms with Crippen molar-refractivity contribution in [3.05, 3.63) is 11.8 Å². The fourth-order valence-corrected chi connectivity index (χ4v) is 2.87. The molecule has 3 amide bonds. The summed E-state index contributed by atoms with van der Waals surface area (Å²) in [6.45, 7) is 5.05. The first kappa shape index (κ1) is 19.7. The van der Waals surface area contributed by atoms with E-state index in [0.717, 1.165) is 4.90 Å². The van der Waals surface area contributed by atoms with Crippen LogP contribution in [0.3, 0.4) is 0 Å². The number of thioether (sulfide) groups is 1. The van der Waals surface area contributed by atoms with Gasteiger partial charge in [-0.05, 0) is 26.8 Å². The summed E-state index contributed by atoms with van der Waals surface area (Å²) in [7, 11) is 0. The molecule has 9 heteroatoms. The summed E-state index contributed by atoms with van der Waals surface area (Å²) < 4.78 is 9.97. The third-order valence-corrected chi connectivity index (χ3v) is 3.79. The van der Waals surface area contributed by atoms with Gasteiger partial charge in [0, 0.05) is 5.75 Å². The van der Waals surface area contributed by atoms with Crippen LogP contribution >= 0.6 is 11.8 Å². The van der Waals surface area contributed by atoms with Gasteiger partial charge in [0.2, 0.25) is 0 Å². The number of primary amides is 1. The number of alkyl carbamates (subject to hydrolysis) is 1. The highest BCUT2D eigenvalue weighted by molar-refractivity contribution is 8.00. The molecule has 132 valence electrons. The van der Waals surface area contributed by atoms with E-state index in [4.69, 9.17) is 21.6 Å². The van der Waals surface area contributed by atoms with Crippen molar-refractivity contribution < 1.29 is 23.9 Å². The van der Waals surface area contributed by atoms with Crippen LogP contribution in [0.5, 0.6) is 0 Å². The average molecular weight is 355 g/mol. The van der Waals surface area contributed by atoms with E-state index in [-0.39, 0.29) is 18.8 Å². The third kappa shape index (κ3) is 6.04. The van der Waals surface area contributed by atoms with Crippen molar-refractivity contribution >= 4 is 29.9 Å². The molecule has 0 saturated heterocycles. The van der Waals surface area contributed by atoms with Gasteiger partial charge in [-0.1, -0.05) is 5.92 Å². The molecule has 1 unspecified atom stereocenters. The van der Waals surface area contributed by atoms with Gasteiger partial charge in [0.25, 0.3) is 0 Å². The summed E-state index contributed by atoms with van der Waals surface area (Å²) in [6.07, 6.45) is 5.94. The Morgan fingerprint density at radius 3 is 2.71 bits per heavy atom. The van der Waals surface area contributed by atoms with E-state index in [0.29, 0.717) is 5.75 Å². The molecular formula is C15H21N3O5S. The van der Waals surface area contributed by atoms with E-state index in [1.54, 1.807) is 20.8 Å². The molecule has 0 aliphatic carbocycles. The number of carbonyl (C=O) groups excluding carboxylic acids is 3. The van der Waals surface area contributed by atoms with E-state index in [1.807, 2.05) is 0 Å². The molecule has 0 bridgehead atoms. The number of amides is 3. The van der Waals surface area contributed by atoms with Crippen LogP contribution < -0.4 is 11.1 Å². The van der Waals surface area contributed by atoms with E-state index < -0.39 is 29.1 Å². The molecule has 0 fully saturated rings. The van der Waals surface area contributed by atoms with Crippen molar-refractivity contribution in [2.45, 2.75) is 31.7 Å². The summed E-state index contributed by atoms with van der Waals surface area (Å²) in [4.78, 5) is 36.5. The summed E-state index contributed by atoms with van der Waals surface area (Å²) >= 11 is 1.33. The molecule has 1 atom stereocenters. The van der Waals surface area contributed by atoms with Crippen LogP contribution in [0.15, 0.2) is 11.8 Å². The van der Waals surface area contributed by atoms with Crippen molar-refractivity contribution in [1.82, 2.24) is 10.2 Å². The zero-order chi connectivity index (χ0) is 18.3. The number of esters is 1. The Hall–Kier alpha value is -2.34. The minimum absolute atomic E-state index is 0.00693. The number of nitrogens with one attached hydrogen (secondary N) is 1. The lowest BCUT2D eigenvalue weighted by Crippen LogP contribution is -2.50. The van der Waals surface area contributed by atoms with Crippen LogP contribution in [0.25, 0.3) is 0 Å². The number of terminal acetylenes is 1. The van der Waals surface area contributed by atoms with Crippen LogP contribution in [0.2, 0.25) is 0 Å². The molecule has 0 radical (unpaired) electrons. The molecule has 1 rings (SSSR count). The fourth-order valence-electron chi connectivity index (χ4n) is 1.82. The molecular weight excluding hydrogens is 334 g/mol. The number of rotatable bonds is 4. The zero-order valence-corrected chi connectivity index (χ0v) is 14.6. The number of urea groups is 1. The molecule has 1 aliphatic heterocycles. The monoisotopic (exact) mass is 355 g/mol. The van der Waals surface area contributed by atoms with Crippen molar-refractivity contribution in [1.29, 1.82) is 0 Å². The first-order valence-corrected chi connectivity index (χ1v) is 8.18. The standard InChI is InChI=1S/C15H21N3O5S/c1-5-7-22-12(19)10-6-8-24-11(18(10)13(16)20)9-17-14(21)23-15(2,3)4/h1,6,11H,7-9H2,2-4H3,(H2,16,20)(H,17,21). The van der Waals surface area contributed by atoms with Gasteiger partial charge in [0.05, 0.1) is 6.54 Å². The number of nitrogens with two attached hydrogens (primary N) is 1. The summed E-state index contributed by atoms with van der Waals surface area (Å²) in [5.41, 5.74) is 4.73. The van der Waals surface area contributed by atoms with Gasteiger partial charge in [0.15, 0.2) is 6.61 Å². The minimum atomic E-state index is -0.831. The van der Waals surface area contributed by atoms with E-state index in [1.165, 1.54) is 17.8 Å². The Balaban J connectivity index is 2.76. The number of hydrogen-bond donors (Lipinski definition) is 2. The Morgan fingerprint density at radius 2 is 2.17 bits per heavy atom. The van der Waals surface area contributed by atoms with Gasteiger partial charge in [0.1, 0.15) is 16.7 Å². The predicted molar refractivity (Wildman–Crippen MR) is 89.8 cm³/mol. The highest BCUT2D eigenvalue weighted by Crippen LogP contribution is 2.26. The van der Waals surface area contributed by atoms with Gasteiger partial charge in [-0.15, -0.1) is 18.2 Å². The SMILES string of the molecule is C#CCOC(=O)C1=CCSC(CNC(=O)OC(C)(C)C)N1C(N)=O. The molecule has 1 heterocycles. The summed E-state index contributed by atoms with van der Waals surface area (Å²) in [6, 6.07) is -0.831. The lowest BCUT2D eigenvalue weighted by molar-refractivity contribution is -0.139. The van der Waals surface area contributed by atoms with Crippen LogP contribution in [0.4, 0.5) is 9.59 Å². The largest absolute Gasteiger partial charge is 0.448 e. The molecule has 0 aromatic rings. The van der Waals surface area contributed by atoms with Crippen molar-refractivity contribution in [2.75, 3.05) is 18.9 Å². The van der Waals surface area contributed by atoms with Crippen molar-refractivity contribution in [3.63, 3.8) is 0 Å². The van der Waals surface area contributed by atoms with Gasteiger partial charge >= 0.3 is 18.1 Å². The van der Waals surface area contributed by atoms with Gasteiger partial charge in [-0.3, -0.25) is 4.90 Å². The minimum Gasteiger partial charge on any atom is -0.448 e. The lowest BCUT2D eigenvalue weighted by Gasteiger charge is -2.33. The predicted octanol–water partition coefficient (Wildman–Crippen LogP) is 1.03. The van der Waals surface area contributed by atoms with Crippen LogP contribution in [0, 0.1) is 12.3 Å². The first-order valence-electron chi connectivity index (χ1n) is 7.13. The maximum Gasteiger partial charge on any atom is 0.407 e. The molecule has 0 saturated carbocycles. The second kappa shape index (κ2) is 8.49. The first-order chi connectivity index (χ1) is 11.2. The van der Waals surface area contributed by atoms with Crippen LogP contribution in [-0.4, -0.2) is 52.9 Å². The molecule has 0 aromatic heterocycles. The normalized spacial score (nSPS) is 17.3. The van der Waals surface area contributed by atoms with Crippen molar-refractivity contribution in [2.24, 2.45) is 5.73 Å². The Labute approximate surface area is 145 Å². The topological polar surface area (TPSA) is 111 Å².